The van der Waals surface area contributed by atoms with E-state index < -0.39 is 18.3 Å². The van der Waals surface area contributed by atoms with Crippen molar-refractivity contribution in [3.8, 4) is 5.75 Å². The van der Waals surface area contributed by atoms with Crippen LogP contribution in [0.1, 0.15) is 29.0 Å². The van der Waals surface area contributed by atoms with Gasteiger partial charge in [0.25, 0.3) is 0 Å². The monoisotopic (exact) mass is 296 g/mol. The molecule has 1 aliphatic heterocycles. The lowest BCUT2D eigenvalue weighted by atomic mass is 9.93. The third-order valence-corrected chi connectivity index (χ3v) is 4.06. The molecule has 0 amide bonds. The molecule has 0 spiro atoms. The van der Waals surface area contributed by atoms with Crippen LogP contribution in [0.15, 0.2) is 48.8 Å². The van der Waals surface area contributed by atoms with Crippen LogP contribution in [0, 0.1) is 6.92 Å². The molecule has 5 nitrogen and oxygen atoms in total. The fourth-order valence-corrected chi connectivity index (χ4v) is 2.97. The standard InChI is InChI=1S/C17H16N2O3/c1-10-9-19-8-7-12-13(20)14(21)15(11-5-3-2-4-6-11)22-16(12)17(19)18-10/h2-9,13-15,20-21H,1H3/t13-,14-,15-/m1/s1. The van der Waals surface area contributed by atoms with E-state index in [0.29, 0.717) is 17.0 Å². The smallest absolute Gasteiger partial charge is 0.180 e. The quantitative estimate of drug-likeness (QED) is 0.722. The van der Waals surface area contributed by atoms with Gasteiger partial charge in [-0.3, -0.25) is 0 Å². The number of benzene rings is 1. The predicted octanol–water partition coefficient (Wildman–Crippen LogP) is 2.17. The highest BCUT2D eigenvalue weighted by molar-refractivity contribution is 5.60. The third-order valence-electron chi connectivity index (χ3n) is 4.06. The first kappa shape index (κ1) is 13.3. The van der Waals surface area contributed by atoms with Crippen LogP contribution in [0.3, 0.4) is 0 Å². The molecule has 22 heavy (non-hydrogen) atoms. The zero-order valence-electron chi connectivity index (χ0n) is 12.0. The van der Waals surface area contributed by atoms with Crippen LogP contribution in [0.5, 0.6) is 5.75 Å². The normalized spacial score (nSPS) is 24.0. The molecule has 5 heteroatoms. The lowest BCUT2D eigenvalue weighted by Gasteiger charge is -2.34. The zero-order valence-corrected chi connectivity index (χ0v) is 12.0. The molecule has 1 aromatic carbocycles. The van der Waals surface area contributed by atoms with E-state index in [9.17, 15) is 10.2 Å². The van der Waals surface area contributed by atoms with Crippen LogP contribution in [-0.2, 0) is 0 Å². The average molecular weight is 296 g/mol. The molecule has 2 aromatic heterocycles. The highest BCUT2D eigenvalue weighted by Crippen LogP contribution is 2.42. The Morgan fingerprint density at radius 3 is 2.68 bits per heavy atom. The van der Waals surface area contributed by atoms with Crippen LogP contribution in [0.25, 0.3) is 5.65 Å². The van der Waals surface area contributed by atoms with Gasteiger partial charge in [-0.25, -0.2) is 4.98 Å². The molecule has 0 saturated carbocycles. The summed E-state index contributed by atoms with van der Waals surface area (Å²) in [5.74, 6) is 0.530. The van der Waals surface area contributed by atoms with Gasteiger partial charge in [0, 0.05) is 18.0 Å². The molecule has 0 fully saturated rings. The first-order valence-corrected chi connectivity index (χ1v) is 7.21. The van der Waals surface area contributed by atoms with E-state index in [4.69, 9.17) is 4.74 Å². The Hall–Kier alpha value is -2.37. The van der Waals surface area contributed by atoms with Crippen LogP contribution in [-0.4, -0.2) is 25.7 Å². The predicted molar refractivity (Wildman–Crippen MR) is 80.7 cm³/mol. The topological polar surface area (TPSA) is 67.0 Å². The molecule has 3 aromatic rings. The number of aliphatic hydroxyl groups is 2. The number of imidazole rings is 1. The van der Waals surface area contributed by atoms with Gasteiger partial charge in [-0.15, -0.1) is 0 Å². The van der Waals surface area contributed by atoms with Crippen molar-refractivity contribution in [3.05, 3.63) is 65.6 Å². The highest BCUT2D eigenvalue weighted by atomic mass is 16.5. The Morgan fingerprint density at radius 2 is 1.91 bits per heavy atom. The average Bonchev–Trinajstić information content (AvgIpc) is 2.92. The Bertz CT molecular complexity index is 829. The number of aliphatic hydroxyl groups excluding tert-OH is 2. The van der Waals surface area contributed by atoms with Crippen LogP contribution >= 0.6 is 0 Å². The second-order valence-electron chi connectivity index (χ2n) is 5.60. The Labute approximate surface area is 127 Å². The van der Waals surface area contributed by atoms with Gasteiger partial charge in [0.1, 0.15) is 12.2 Å². The van der Waals surface area contributed by atoms with E-state index in [1.165, 1.54) is 0 Å². The van der Waals surface area contributed by atoms with Crippen LogP contribution < -0.4 is 4.74 Å². The summed E-state index contributed by atoms with van der Waals surface area (Å²) in [5, 5.41) is 20.9. The second kappa shape index (κ2) is 4.83. The summed E-state index contributed by atoms with van der Waals surface area (Å²) in [6.07, 6.45) is 1.07. The van der Waals surface area contributed by atoms with Crippen molar-refractivity contribution in [2.24, 2.45) is 0 Å². The maximum atomic E-state index is 10.5. The fourth-order valence-electron chi connectivity index (χ4n) is 2.97. The second-order valence-corrected chi connectivity index (χ2v) is 5.60. The molecule has 1 aliphatic rings. The van der Waals surface area contributed by atoms with Crippen molar-refractivity contribution in [1.82, 2.24) is 9.38 Å². The number of fused-ring (bicyclic) bond motifs is 3. The third kappa shape index (κ3) is 1.90. The number of hydrogen-bond donors (Lipinski definition) is 2. The van der Waals surface area contributed by atoms with Crippen molar-refractivity contribution in [3.63, 3.8) is 0 Å². The molecule has 2 N–H and O–H groups in total. The van der Waals surface area contributed by atoms with E-state index in [1.54, 1.807) is 6.07 Å². The van der Waals surface area contributed by atoms with Crippen molar-refractivity contribution in [1.29, 1.82) is 0 Å². The maximum Gasteiger partial charge on any atom is 0.180 e. The van der Waals surface area contributed by atoms with E-state index in [0.717, 1.165) is 11.3 Å². The summed E-state index contributed by atoms with van der Waals surface area (Å²) in [7, 11) is 0. The zero-order chi connectivity index (χ0) is 15.3. The number of aryl methyl sites for hydroxylation is 1. The molecule has 4 rings (SSSR count). The van der Waals surface area contributed by atoms with Gasteiger partial charge in [0.2, 0.25) is 0 Å². The number of hydrogen-bond acceptors (Lipinski definition) is 4. The number of nitrogens with zero attached hydrogens (tertiary/aromatic N) is 2. The number of rotatable bonds is 1. The lowest BCUT2D eigenvalue weighted by Crippen LogP contribution is -2.34. The van der Waals surface area contributed by atoms with E-state index in [2.05, 4.69) is 4.98 Å². The number of aromatic nitrogens is 2. The number of ether oxygens (including phenoxy) is 1. The highest BCUT2D eigenvalue weighted by Gasteiger charge is 2.38. The Kier molecular flexibility index (Phi) is 2.92. The molecule has 3 atom stereocenters. The van der Waals surface area contributed by atoms with E-state index in [-0.39, 0.29) is 0 Å². The van der Waals surface area contributed by atoms with Crippen molar-refractivity contribution < 1.29 is 14.9 Å². The summed E-state index contributed by atoms with van der Waals surface area (Å²) < 4.78 is 7.90. The van der Waals surface area contributed by atoms with Gasteiger partial charge < -0.3 is 19.4 Å². The minimum Gasteiger partial charge on any atom is -0.479 e. The van der Waals surface area contributed by atoms with Crippen molar-refractivity contribution in [2.45, 2.75) is 25.2 Å². The summed E-state index contributed by atoms with van der Waals surface area (Å²) in [4.78, 5) is 4.46. The summed E-state index contributed by atoms with van der Waals surface area (Å²) in [5.41, 5.74) is 2.92. The van der Waals surface area contributed by atoms with Gasteiger partial charge in [0.15, 0.2) is 17.5 Å². The largest absolute Gasteiger partial charge is 0.479 e. The maximum absolute atomic E-state index is 10.5. The molecular formula is C17H16N2O3. The van der Waals surface area contributed by atoms with Gasteiger partial charge >= 0.3 is 0 Å². The van der Waals surface area contributed by atoms with Gasteiger partial charge in [-0.1, -0.05) is 30.3 Å². The van der Waals surface area contributed by atoms with Gasteiger partial charge in [0.05, 0.1) is 5.69 Å². The first-order valence-electron chi connectivity index (χ1n) is 7.21. The van der Waals surface area contributed by atoms with E-state index >= 15 is 0 Å². The summed E-state index contributed by atoms with van der Waals surface area (Å²) >= 11 is 0. The Balaban J connectivity index is 1.88. The van der Waals surface area contributed by atoms with Gasteiger partial charge in [-0.05, 0) is 18.6 Å². The minimum atomic E-state index is -1.02. The van der Waals surface area contributed by atoms with Gasteiger partial charge in [-0.2, -0.15) is 0 Å². The fraction of sp³-hybridized carbons (Fsp3) is 0.235. The molecule has 3 heterocycles. The van der Waals surface area contributed by atoms with Crippen LogP contribution in [0.4, 0.5) is 0 Å². The molecule has 0 radical (unpaired) electrons. The molecule has 0 bridgehead atoms. The lowest BCUT2D eigenvalue weighted by molar-refractivity contribution is -0.0695. The molecule has 0 aliphatic carbocycles. The molecular weight excluding hydrogens is 280 g/mol. The van der Waals surface area contributed by atoms with Crippen molar-refractivity contribution in [2.75, 3.05) is 0 Å². The van der Waals surface area contributed by atoms with Crippen LogP contribution in [0.2, 0.25) is 0 Å². The first-order chi connectivity index (χ1) is 10.6. The number of pyridine rings is 1. The summed E-state index contributed by atoms with van der Waals surface area (Å²) in [6, 6.07) is 11.2. The van der Waals surface area contributed by atoms with E-state index in [1.807, 2.05) is 54.0 Å². The molecule has 0 saturated heterocycles. The SMILES string of the molecule is Cc1cn2ccc3c(c2n1)O[C@H](c1ccccc1)[C@H](O)[C@@H]3O. The Morgan fingerprint density at radius 1 is 1.14 bits per heavy atom. The van der Waals surface area contributed by atoms with Crippen molar-refractivity contribution >= 4 is 5.65 Å². The summed E-state index contributed by atoms with van der Waals surface area (Å²) in [6.45, 7) is 1.90. The molecule has 112 valence electrons. The molecule has 0 unspecified atom stereocenters. The minimum absolute atomic E-state index is 0.530.